The number of hydrogen-bond donors (Lipinski definition) is 0. The van der Waals surface area contributed by atoms with Crippen LogP contribution in [-0.4, -0.2) is 0 Å². The molecule has 0 aromatic heterocycles. The van der Waals surface area contributed by atoms with E-state index in [-0.39, 0.29) is 0 Å². The largest absolute Gasteiger partial charge is 0.103 e. The predicted octanol–water partition coefficient (Wildman–Crippen LogP) is 4.48. The van der Waals surface area contributed by atoms with Crippen LogP contribution in [0.1, 0.15) is 51.9 Å². The topological polar surface area (TPSA) is 0 Å². The second kappa shape index (κ2) is 10.5. The minimum atomic E-state index is 1.02. The maximum Gasteiger partial charge on any atom is -0.0172 e. The quantitative estimate of drug-likeness (QED) is 0.368. The molecule has 0 aliphatic heterocycles. The summed E-state index contributed by atoms with van der Waals surface area (Å²) in [7, 11) is 0. The molecular weight excluding hydrogens is 144 g/mol. The predicted molar refractivity (Wildman–Crippen MR) is 57.3 cm³/mol. The Morgan fingerprint density at radius 3 is 2.42 bits per heavy atom. The van der Waals surface area contributed by atoms with Gasteiger partial charge in [0.1, 0.15) is 0 Å². The molecule has 70 valence electrons. The Labute approximate surface area is 77.4 Å². The maximum absolute atomic E-state index is 3.67. The highest BCUT2D eigenvalue weighted by molar-refractivity contribution is 4.87. The van der Waals surface area contributed by atoms with Crippen LogP contribution in [0.3, 0.4) is 0 Å². The third kappa shape index (κ3) is 9.48. The molecule has 0 heteroatoms. The van der Waals surface area contributed by atoms with Crippen molar-refractivity contribution in [3.05, 3.63) is 24.8 Å². The van der Waals surface area contributed by atoms with Gasteiger partial charge in [0.15, 0.2) is 0 Å². The van der Waals surface area contributed by atoms with Crippen LogP contribution < -0.4 is 0 Å². The average Bonchev–Trinajstić information content (AvgIpc) is 2.10. The average molecular weight is 166 g/mol. The van der Waals surface area contributed by atoms with E-state index in [9.17, 15) is 0 Å². The second-order valence-electron chi connectivity index (χ2n) is 3.20. The first kappa shape index (κ1) is 11.5. The molecule has 0 nitrogen and oxygen atoms in total. The fourth-order valence-electron chi connectivity index (χ4n) is 1.18. The summed E-state index contributed by atoms with van der Waals surface area (Å²) in [6.07, 6.45) is 15.6. The van der Waals surface area contributed by atoms with Crippen molar-refractivity contribution in [2.24, 2.45) is 0 Å². The van der Waals surface area contributed by atoms with Crippen LogP contribution in [0, 0.1) is 0 Å². The maximum atomic E-state index is 3.67. The van der Waals surface area contributed by atoms with E-state index in [0.29, 0.717) is 0 Å². The first-order valence-electron chi connectivity index (χ1n) is 5.17. The summed E-state index contributed by atoms with van der Waals surface area (Å²) in [4.78, 5) is 0. The lowest BCUT2D eigenvalue weighted by Gasteiger charge is -1.95. The molecule has 0 aliphatic rings. The highest BCUT2D eigenvalue weighted by Gasteiger charge is 1.85. The monoisotopic (exact) mass is 166 g/mol. The van der Waals surface area contributed by atoms with E-state index in [0.717, 1.165) is 6.42 Å². The molecule has 0 saturated heterocycles. The summed E-state index contributed by atoms with van der Waals surface area (Å²) >= 11 is 0. The van der Waals surface area contributed by atoms with Crippen molar-refractivity contribution in [1.82, 2.24) is 0 Å². The third-order valence-electron chi connectivity index (χ3n) is 1.94. The summed E-state index contributed by atoms with van der Waals surface area (Å²) < 4.78 is 0. The molecule has 0 saturated carbocycles. The summed E-state index contributed by atoms with van der Waals surface area (Å²) in [5.74, 6) is 0. The number of unbranched alkanes of at least 4 members (excludes halogenated alkanes) is 5. The van der Waals surface area contributed by atoms with E-state index < -0.39 is 0 Å². The molecule has 0 heterocycles. The minimum absolute atomic E-state index is 1.02. The zero-order valence-electron chi connectivity index (χ0n) is 8.39. The molecule has 0 atom stereocenters. The Balaban J connectivity index is 2.94. The van der Waals surface area contributed by atoms with Gasteiger partial charge in [-0.3, -0.25) is 0 Å². The van der Waals surface area contributed by atoms with Crippen molar-refractivity contribution in [2.75, 3.05) is 0 Å². The van der Waals surface area contributed by atoms with Crippen LogP contribution in [0.2, 0.25) is 0 Å². The van der Waals surface area contributed by atoms with Gasteiger partial charge in [-0.1, -0.05) is 50.8 Å². The Kier molecular flexibility index (Phi) is 10.0. The van der Waals surface area contributed by atoms with Crippen molar-refractivity contribution in [3.8, 4) is 0 Å². The Hall–Kier alpha value is -0.520. The van der Waals surface area contributed by atoms with Crippen molar-refractivity contribution in [1.29, 1.82) is 0 Å². The molecule has 0 radical (unpaired) electrons. The van der Waals surface area contributed by atoms with Crippen LogP contribution in [0.4, 0.5) is 0 Å². The van der Waals surface area contributed by atoms with E-state index in [1.54, 1.807) is 0 Å². The van der Waals surface area contributed by atoms with Gasteiger partial charge in [-0.05, 0) is 19.3 Å². The fraction of sp³-hybridized carbons (Fsp3) is 0.667. The van der Waals surface area contributed by atoms with Gasteiger partial charge in [0.05, 0.1) is 0 Å². The summed E-state index contributed by atoms with van der Waals surface area (Å²) in [5, 5.41) is 0. The van der Waals surface area contributed by atoms with Gasteiger partial charge in [0.2, 0.25) is 0 Å². The minimum Gasteiger partial charge on any atom is -0.103 e. The fourth-order valence-corrected chi connectivity index (χ4v) is 1.18. The Bertz CT molecular complexity index is 111. The van der Waals surface area contributed by atoms with Gasteiger partial charge in [-0.25, -0.2) is 0 Å². The second-order valence-corrected chi connectivity index (χ2v) is 3.20. The van der Waals surface area contributed by atoms with Crippen LogP contribution >= 0.6 is 0 Å². The highest BCUT2D eigenvalue weighted by Crippen LogP contribution is 2.05. The molecule has 0 rings (SSSR count). The number of rotatable bonds is 8. The summed E-state index contributed by atoms with van der Waals surface area (Å²) in [6.45, 7) is 5.92. The lowest BCUT2D eigenvalue weighted by Crippen LogP contribution is -1.75. The van der Waals surface area contributed by atoms with Gasteiger partial charge < -0.3 is 0 Å². The highest BCUT2D eigenvalue weighted by atomic mass is 13.9. The molecule has 12 heavy (non-hydrogen) atoms. The van der Waals surface area contributed by atoms with Crippen LogP contribution in [0.25, 0.3) is 0 Å². The molecule has 0 aromatic carbocycles. The van der Waals surface area contributed by atoms with Crippen molar-refractivity contribution < 1.29 is 0 Å². The molecule has 0 spiro atoms. The van der Waals surface area contributed by atoms with Gasteiger partial charge >= 0.3 is 0 Å². The first-order valence-corrected chi connectivity index (χ1v) is 5.17. The summed E-state index contributed by atoms with van der Waals surface area (Å²) in [6, 6.07) is 0. The summed E-state index contributed by atoms with van der Waals surface area (Å²) in [5.41, 5.74) is 0. The normalized spacial score (nSPS) is 10.8. The molecular formula is C12H22. The van der Waals surface area contributed by atoms with Gasteiger partial charge in [-0.2, -0.15) is 0 Å². The van der Waals surface area contributed by atoms with Gasteiger partial charge in [0, 0.05) is 0 Å². The van der Waals surface area contributed by atoms with Crippen molar-refractivity contribution in [3.63, 3.8) is 0 Å². The van der Waals surface area contributed by atoms with Crippen molar-refractivity contribution >= 4 is 0 Å². The molecule has 0 aromatic rings. The molecule has 0 aliphatic carbocycles. The smallest absolute Gasteiger partial charge is 0.0172 e. The Morgan fingerprint density at radius 1 is 1.00 bits per heavy atom. The van der Waals surface area contributed by atoms with Gasteiger partial charge in [0.25, 0.3) is 0 Å². The molecule has 0 N–H and O–H groups in total. The zero-order chi connectivity index (χ0) is 9.07. The van der Waals surface area contributed by atoms with E-state index in [1.165, 1.54) is 38.5 Å². The Morgan fingerprint density at radius 2 is 1.75 bits per heavy atom. The van der Waals surface area contributed by atoms with E-state index in [1.807, 2.05) is 6.08 Å². The lowest BCUT2D eigenvalue weighted by atomic mass is 10.1. The number of allylic oxidation sites excluding steroid dienone is 3. The molecule has 0 amide bonds. The van der Waals surface area contributed by atoms with Crippen molar-refractivity contribution in [2.45, 2.75) is 51.9 Å². The van der Waals surface area contributed by atoms with Gasteiger partial charge in [-0.15, -0.1) is 6.58 Å². The van der Waals surface area contributed by atoms with Crippen LogP contribution in [0.5, 0.6) is 0 Å². The SMILES string of the molecule is C=CC/C=C\CCCCCCC. The zero-order valence-corrected chi connectivity index (χ0v) is 8.39. The molecule has 0 fully saturated rings. The van der Waals surface area contributed by atoms with Crippen LogP contribution in [-0.2, 0) is 0 Å². The van der Waals surface area contributed by atoms with E-state index >= 15 is 0 Å². The third-order valence-corrected chi connectivity index (χ3v) is 1.94. The van der Waals surface area contributed by atoms with E-state index in [4.69, 9.17) is 0 Å². The molecule has 0 unspecified atom stereocenters. The first-order chi connectivity index (χ1) is 5.91. The lowest BCUT2D eigenvalue weighted by molar-refractivity contribution is 0.637. The standard InChI is InChI=1S/C12H22/c1-3-5-7-9-11-12-10-8-6-4-2/h3,7,9H,1,4-6,8,10-12H2,2H3/b9-7-. The molecule has 0 bridgehead atoms. The van der Waals surface area contributed by atoms with Crippen LogP contribution in [0.15, 0.2) is 24.8 Å². The number of hydrogen-bond acceptors (Lipinski definition) is 0. The van der Waals surface area contributed by atoms with E-state index in [2.05, 4.69) is 25.7 Å².